The maximum atomic E-state index is 12.2. The molecule has 1 atom stereocenters. The van der Waals surface area contributed by atoms with Crippen LogP contribution in [0.4, 0.5) is 5.69 Å². The molecule has 0 aromatic heterocycles. The molecule has 1 aromatic carbocycles. The Morgan fingerprint density at radius 1 is 1.50 bits per heavy atom. The largest absolute Gasteiger partial charge is 0.497 e. The topological polar surface area (TPSA) is 92.9 Å². The maximum absolute atomic E-state index is 12.2. The van der Waals surface area contributed by atoms with Gasteiger partial charge in [-0.15, -0.1) is 0 Å². The molecule has 0 heterocycles. The number of nitrogen functional groups attached to an aromatic ring is 1. The number of aliphatic hydroxyl groups is 1. The standard InChI is InChI=1S/C11H18N2O4S/c1-8(7-14)13(2)18(15,16)11-5-4-9(17-3)6-10(11)12/h4-6,8,14H,7,12H2,1-3H3. The van der Waals surface area contributed by atoms with Crippen LogP contribution in [-0.2, 0) is 10.0 Å². The first-order valence-electron chi connectivity index (χ1n) is 5.37. The molecule has 6 nitrogen and oxygen atoms in total. The number of hydrogen-bond acceptors (Lipinski definition) is 5. The van der Waals surface area contributed by atoms with E-state index in [0.29, 0.717) is 5.75 Å². The van der Waals surface area contributed by atoms with Gasteiger partial charge >= 0.3 is 0 Å². The Morgan fingerprint density at radius 2 is 2.11 bits per heavy atom. The Bertz CT molecular complexity index is 516. The maximum Gasteiger partial charge on any atom is 0.245 e. The number of hydrogen-bond donors (Lipinski definition) is 2. The summed E-state index contributed by atoms with van der Waals surface area (Å²) in [7, 11) is -0.835. The molecule has 0 amide bonds. The summed E-state index contributed by atoms with van der Waals surface area (Å²) in [5, 5.41) is 9.01. The molecular weight excluding hydrogens is 256 g/mol. The van der Waals surface area contributed by atoms with E-state index in [0.717, 1.165) is 4.31 Å². The zero-order valence-corrected chi connectivity index (χ0v) is 11.4. The van der Waals surface area contributed by atoms with Crippen LogP contribution in [0.15, 0.2) is 23.1 Å². The number of nitrogens with zero attached hydrogens (tertiary/aromatic N) is 1. The highest BCUT2D eigenvalue weighted by Crippen LogP contribution is 2.26. The third-order valence-electron chi connectivity index (χ3n) is 2.76. The Hall–Kier alpha value is -1.31. The van der Waals surface area contributed by atoms with Crippen LogP contribution >= 0.6 is 0 Å². The number of rotatable bonds is 5. The molecule has 0 aliphatic heterocycles. The van der Waals surface area contributed by atoms with E-state index in [1.807, 2.05) is 0 Å². The van der Waals surface area contributed by atoms with E-state index in [4.69, 9.17) is 15.6 Å². The SMILES string of the molecule is COc1ccc(S(=O)(=O)N(C)C(C)CO)c(N)c1. The fourth-order valence-corrected chi connectivity index (χ4v) is 2.84. The fraction of sp³-hybridized carbons (Fsp3) is 0.455. The Kier molecular flexibility index (Phi) is 4.55. The molecule has 0 spiro atoms. The lowest BCUT2D eigenvalue weighted by atomic mass is 10.3. The fourth-order valence-electron chi connectivity index (χ4n) is 1.40. The molecule has 0 radical (unpaired) electrons. The van der Waals surface area contributed by atoms with Crippen molar-refractivity contribution in [3.8, 4) is 5.75 Å². The van der Waals surface area contributed by atoms with Gasteiger partial charge in [-0.2, -0.15) is 4.31 Å². The first-order chi connectivity index (χ1) is 8.34. The normalized spacial score (nSPS) is 13.6. The van der Waals surface area contributed by atoms with Crippen molar-refractivity contribution in [2.75, 3.05) is 26.5 Å². The van der Waals surface area contributed by atoms with Crippen LogP contribution in [0.5, 0.6) is 5.75 Å². The van der Waals surface area contributed by atoms with Gasteiger partial charge in [0.25, 0.3) is 0 Å². The number of nitrogens with two attached hydrogens (primary N) is 1. The lowest BCUT2D eigenvalue weighted by Crippen LogP contribution is -2.37. The van der Waals surface area contributed by atoms with Gasteiger partial charge in [0.1, 0.15) is 10.6 Å². The molecule has 3 N–H and O–H groups in total. The summed E-state index contributed by atoms with van der Waals surface area (Å²) in [6.07, 6.45) is 0. The van der Waals surface area contributed by atoms with Gasteiger partial charge < -0.3 is 15.6 Å². The van der Waals surface area contributed by atoms with Crippen LogP contribution < -0.4 is 10.5 Å². The average molecular weight is 274 g/mol. The van der Waals surface area contributed by atoms with E-state index >= 15 is 0 Å². The molecule has 18 heavy (non-hydrogen) atoms. The van der Waals surface area contributed by atoms with Gasteiger partial charge in [0.15, 0.2) is 0 Å². The van der Waals surface area contributed by atoms with E-state index in [1.165, 1.54) is 32.4 Å². The van der Waals surface area contributed by atoms with Gasteiger partial charge in [-0.05, 0) is 19.1 Å². The second kappa shape index (κ2) is 5.55. The van der Waals surface area contributed by atoms with Gasteiger partial charge in [0.2, 0.25) is 10.0 Å². The van der Waals surface area contributed by atoms with Crippen LogP contribution in [0.2, 0.25) is 0 Å². The van der Waals surface area contributed by atoms with Gasteiger partial charge in [-0.25, -0.2) is 8.42 Å². The molecule has 1 rings (SSSR count). The summed E-state index contributed by atoms with van der Waals surface area (Å²) in [4.78, 5) is 0.00565. The van der Waals surface area contributed by atoms with Crippen molar-refractivity contribution >= 4 is 15.7 Å². The number of benzene rings is 1. The molecule has 102 valence electrons. The van der Waals surface area contributed by atoms with Crippen molar-refractivity contribution < 1.29 is 18.3 Å². The summed E-state index contributed by atoms with van der Waals surface area (Å²) < 4.78 is 30.5. The van der Waals surface area contributed by atoms with E-state index in [1.54, 1.807) is 6.92 Å². The summed E-state index contributed by atoms with van der Waals surface area (Å²) in [5.41, 5.74) is 5.83. The first kappa shape index (κ1) is 14.7. The number of sulfonamides is 1. The van der Waals surface area contributed by atoms with Gasteiger partial charge in [0, 0.05) is 19.2 Å². The van der Waals surface area contributed by atoms with Crippen molar-refractivity contribution in [2.24, 2.45) is 0 Å². The molecule has 7 heteroatoms. The predicted molar refractivity (Wildman–Crippen MR) is 68.9 cm³/mol. The summed E-state index contributed by atoms with van der Waals surface area (Å²) in [6, 6.07) is 3.85. The predicted octanol–water partition coefficient (Wildman–Crippen LogP) is 0.279. The highest BCUT2D eigenvalue weighted by atomic mass is 32.2. The highest BCUT2D eigenvalue weighted by molar-refractivity contribution is 7.89. The third-order valence-corrected chi connectivity index (χ3v) is 4.80. The molecule has 0 saturated carbocycles. The van der Waals surface area contributed by atoms with E-state index < -0.39 is 16.1 Å². The number of ether oxygens (including phenoxy) is 1. The zero-order valence-electron chi connectivity index (χ0n) is 10.6. The Morgan fingerprint density at radius 3 is 2.56 bits per heavy atom. The van der Waals surface area contributed by atoms with Crippen LogP contribution in [0.1, 0.15) is 6.92 Å². The van der Waals surface area contributed by atoms with Crippen molar-refractivity contribution in [1.29, 1.82) is 0 Å². The monoisotopic (exact) mass is 274 g/mol. The quantitative estimate of drug-likeness (QED) is 0.752. The number of anilines is 1. The lowest BCUT2D eigenvalue weighted by molar-refractivity contribution is 0.214. The van der Waals surface area contributed by atoms with Gasteiger partial charge in [-0.1, -0.05) is 0 Å². The first-order valence-corrected chi connectivity index (χ1v) is 6.81. The summed E-state index contributed by atoms with van der Waals surface area (Å²) >= 11 is 0. The van der Waals surface area contributed by atoms with E-state index in [2.05, 4.69) is 0 Å². The summed E-state index contributed by atoms with van der Waals surface area (Å²) in [5.74, 6) is 0.490. The average Bonchev–Trinajstić information content (AvgIpc) is 2.36. The van der Waals surface area contributed by atoms with Crippen LogP contribution in [0.25, 0.3) is 0 Å². The van der Waals surface area contributed by atoms with Crippen molar-refractivity contribution in [1.82, 2.24) is 4.31 Å². The van der Waals surface area contributed by atoms with Crippen LogP contribution in [-0.4, -0.2) is 44.6 Å². The summed E-state index contributed by atoms with van der Waals surface area (Å²) in [6.45, 7) is 1.35. The van der Waals surface area contributed by atoms with E-state index in [-0.39, 0.29) is 17.2 Å². The number of methoxy groups -OCH3 is 1. The molecular formula is C11H18N2O4S. The molecule has 0 aliphatic carbocycles. The molecule has 0 saturated heterocycles. The minimum Gasteiger partial charge on any atom is -0.497 e. The van der Waals surface area contributed by atoms with Crippen molar-refractivity contribution in [3.05, 3.63) is 18.2 Å². The van der Waals surface area contributed by atoms with Crippen molar-refractivity contribution in [2.45, 2.75) is 17.9 Å². The van der Waals surface area contributed by atoms with E-state index in [9.17, 15) is 8.42 Å². The molecule has 1 aromatic rings. The second-order valence-corrected chi connectivity index (χ2v) is 5.92. The Balaban J connectivity index is 3.21. The number of likely N-dealkylation sites (N-methyl/N-ethyl adjacent to an activating group) is 1. The molecule has 0 aliphatic rings. The second-order valence-electron chi connectivity index (χ2n) is 3.96. The highest BCUT2D eigenvalue weighted by Gasteiger charge is 2.26. The minimum absolute atomic E-state index is 0.00565. The molecule has 1 unspecified atom stereocenters. The smallest absolute Gasteiger partial charge is 0.245 e. The molecule has 0 bridgehead atoms. The minimum atomic E-state index is -3.71. The van der Waals surface area contributed by atoms with Gasteiger partial charge in [0.05, 0.1) is 19.4 Å². The van der Waals surface area contributed by atoms with Crippen LogP contribution in [0, 0.1) is 0 Å². The lowest BCUT2D eigenvalue weighted by Gasteiger charge is -2.23. The molecule has 0 fully saturated rings. The number of aliphatic hydroxyl groups excluding tert-OH is 1. The van der Waals surface area contributed by atoms with Gasteiger partial charge in [-0.3, -0.25) is 0 Å². The zero-order chi connectivity index (χ0) is 13.9. The van der Waals surface area contributed by atoms with Crippen LogP contribution in [0.3, 0.4) is 0 Å². The third kappa shape index (κ3) is 2.74. The van der Waals surface area contributed by atoms with Crippen molar-refractivity contribution in [3.63, 3.8) is 0 Å². The Labute approximate surface area is 107 Å².